The van der Waals surface area contributed by atoms with E-state index < -0.39 is 0 Å². The topological polar surface area (TPSA) is 121 Å². The summed E-state index contributed by atoms with van der Waals surface area (Å²) in [7, 11) is 0. The minimum absolute atomic E-state index is 0.0973. The Bertz CT molecular complexity index is 858. The van der Waals surface area contributed by atoms with Gasteiger partial charge in [-0.25, -0.2) is 9.59 Å². The third kappa shape index (κ3) is 6.38. The summed E-state index contributed by atoms with van der Waals surface area (Å²) >= 11 is 0. The zero-order valence-corrected chi connectivity index (χ0v) is 18.3. The molecule has 0 radical (unpaired) electrons. The van der Waals surface area contributed by atoms with E-state index in [4.69, 9.17) is 0 Å². The van der Waals surface area contributed by atoms with Gasteiger partial charge in [0.25, 0.3) is 0 Å². The van der Waals surface area contributed by atoms with Crippen molar-refractivity contribution < 1.29 is 9.59 Å². The van der Waals surface area contributed by atoms with E-state index in [2.05, 4.69) is 36.2 Å². The van der Waals surface area contributed by atoms with Crippen molar-refractivity contribution >= 4 is 24.0 Å². The molecule has 1 heterocycles. The predicted molar refractivity (Wildman–Crippen MR) is 123 cm³/mol. The van der Waals surface area contributed by atoms with Crippen molar-refractivity contribution in [3.8, 4) is 11.4 Å². The fourth-order valence-electron chi connectivity index (χ4n) is 4.34. The van der Waals surface area contributed by atoms with Crippen molar-refractivity contribution in [3.63, 3.8) is 0 Å². The van der Waals surface area contributed by atoms with Gasteiger partial charge in [0, 0.05) is 17.6 Å². The highest BCUT2D eigenvalue weighted by Crippen LogP contribution is 2.20. The van der Waals surface area contributed by atoms with Crippen LogP contribution in [0.5, 0.6) is 0 Å². The highest BCUT2D eigenvalue weighted by molar-refractivity contribution is 5.90. The van der Waals surface area contributed by atoms with Crippen LogP contribution in [0.2, 0.25) is 0 Å². The van der Waals surface area contributed by atoms with E-state index in [1.165, 1.54) is 12.8 Å². The minimum atomic E-state index is -0.347. The molecule has 4 rings (SSSR count). The molecule has 4 amide bonds. The summed E-state index contributed by atoms with van der Waals surface area (Å²) in [5, 5.41) is 11.4. The predicted octanol–water partition coefficient (Wildman–Crippen LogP) is 4.45. The Kier molecular flexibility index (Phi) is 7.47. The minimum Gasteiger partial charge on any atom is -0.335 e. The number of anilines is 2. The van der Waals surface area contributed by atoms with E-state index in [-0.39, 0.29) is 36.0 Å². The molecule has 2 fully saturated rings. The van der Waals surface area contributed by atoms with E-state index in [1.807, 2.05) is 30.3 Å². The second-order valence-corrected chi connectivity index (χ2v) is 8.54. The number of aromatic nitrogens is 3. The average molecular weight is 438 g/mol. The number of benzene rings is 1. The largest absolute Gasteiger partial charge is 0.335 e. The number of urea groups is 2. The molecule has 0 atom stereocenters. The van der Waals surface area contributed by atoms with E-state index in [0.29, 0.717) is 5.82 Å². The normalized spacial score (nSPS) is 17.4. The molecule has 32 heavy (non-hydrogen) atoms. The SMILES string of the molecule is O=C(Nc1nc(NC(=O)NC2CCCCC2)nc(-c2ccccc2)n1)NC1CCCCC1. The third-order valence-electron chi connectivity index (χ3n) is 6.00. The summed E-state index contributed by atoms with van der Waals surface area (Å²) in [4.78, 5) is 38.1. The summed E-state index contributed by atoms with van der Waals surface area (Å²) in [6.45, 7) is 0. The van der Waals surface area contributed by atoms with E-state index in [0.717, 1.165) is 56.9 Å². The molecule has 0 saturated heterocycles. The molecule has 1 aromatic carbocycles. The molecular weight excluding hydrogens is 406 g/mol. The Balaban J connectivity index is 1.47. The second kappa shape index (κ2) is 10.9. The summed E-state index contributed by atoms with van der Waals surface area (Å²) in [5.74, 6) is 0.571. The maximum Gasteiger partial charge on any atom is 0.321 e. The van der Waals surface area contributed by atoms with Crippen molar-refractivity contribution in [1.82, 2.24) is 25.6 Å². The Morgan fingerprint density at radius 1 is 0.656 bits per heavy atom. The number of hydrogen-bond acceptors (Lipinski definition) is 5. The number of rotatable bonds is 5. The quantitative estimate of drug-likeness (QED) is 0.551. The fourth-order valence-corrected chi connectivity index (χ4v) is 4.34. The molecule has 170 valence electrons. The van der Waals surface area contributed by atoms with Gasteiger partial charge in [0.15, 0.2) is 5.82 Å². The molecule has 4 N–H and O–H groups in total. The molecule has 2 aromatic rings. The highest BCUT2D eigenvalue weighted by Gasteiger charge is 2.19. The number of amides is 4. The lowest BCUT2D eigenvalue weighted by Gasteiger charge is -2.23. The first kappa shape index (κ1) is 22.0. The fraction of sp³-hybridized carbons (Fsp3) is 0.522. The maximum atomic E-state index is 12.5. The summed E-state index contributed by atoms with van der Waals surface area (Å²) in [5.41, 5.74) is 0.765. The highest BCUT2D eigenvalue weighted by atomic mass is 16.2. The summed E-state index contributed by atoms with van der Waals surface area (Å²) < 4.78 is 0. The van der Waals surface area contributed by atoms with Crippen molar-refractivity contribution in [2.24, 2.45) is 0 Å². The van der Waals surface area contributed by atoms with Gasteiger partial charge in [0.05, 0.1) is 0 Å². The van der Waals surface area contributed by atoms with E-state index >= 15 is 0 Å². The Labute approximate surface area is 188 Å². The van der Waals surface area contributed by atoms with Gasteiger partial charge in [-0.05, 0) is 25.7 Å². The average Bonchev–Trinajstić information content (AvgIpc) is 2.80. The number of hydrogen-bond donors (Lipinski definition) is 4. The molecule has 2 aliphatic carbocycles. The smallest absolute Gasteiger partial charge is 0.321 e. The molecule has 2 aliphatic rings. The molecule has 9 heteroatoms. The lowest BCUT2D eigenvalue weighted by atomic mass is 9.96. The number of nitrogens with one attached hydrogen (secondary N) is 4. The van der Waals surface area contributed by atoms with E-state index in [9.17, 15) is 9.59 Å². The van der Waals surface area contributed by atoms with Crippen LogP contribution < -0.4 is 21.3 Å². The molecule has 0 spiro atoms. The van der Waals surface area contributed by atoms with Crippen LogP contribution in [-0.2, 0) is 0 Å². The standard InChI is InChI=1S/C23H31N7O2/c31-22(24-17-12-6-2-7-13-17)29-20-26-19(16-10-4-1-5-11-16)27-21(28-20)30-23(32)25-18-14-8-3-9-15-18/h1,4-5,10-11,17-18H,2-3,6-9,12-15H2,(H4,24,25,26,27,28,29,30,31,32). The van der Waals surface area contributed by atoms with Crippen LogP contribution in [0.4, 0.5) is 21.5 Å². The van der Waals surface area contributed by atoms with Crippen LogP contribution >= 0.6 is 0 Å². The summed E-state index contributed by atoms with van der Waals surface area (Å²) in [6.07, 6.45) is 10.8. The van der Waals surface area contributed by atoms with Gasteiger partial charge in [-0.3, -0.25) is 10.6 Å². The van der Waals surface area contributed by atoms with Gasteiger partial charge in [-0.15, -0.1) is 0 Å². The van der Waals surface area contributed by atoms with Crippen molar-refractivity contribution in [2.75, 3.05) is 10.6 Å². The number of carbonyl (C=O) groups excluding carboxylic acids is 2. The first-order chi connectivity index (χ1) is 15.7. The zero-order chi connectivity index (χ0) is 22.2. The van der Waals surface area contributed by atoms with Crippen molar-refractivity contribution in [3.05, 3.63) is 30.3 Å². The third-order valence-corrected chi connectivity index (χ3v) is 6.00. The van der Waals surface area contributed by atoms with Gasteiger partial charge in [0.2, 0.25) is 11.9 Å². The maximum absolute atomic E-state index is 12.5. The second-order valence-electron chi connectivity index (χ2n) is 8.54. The Hall–Kier alpha value is -3.23. The van der Waals surface area contributed by atoms with Gasteiger partial charge in [0.1, 0.15) is 0 Å². The molecular formula is C23H31N7O2. The molecule has 0 bridgehead atoms. The van der Waals surface area contributed by atoms with Crippen LogP contribution in [0.25, 0.3) is 11.4 Å². The molecule has 0 unspecified atom stereocenters. The van der Waals surface area contributed by atoms with Crippen molar-refractivity contribution in [2.45, 2.75) is 76.3 Å². The molecule has 0 aliphatic heterocycles. The lowest BCUT2D eigenvalue weighted by Crippen LogP contribution is -2.40. The van der Waals surface area contributed by atoms with Crippen LogP contribution in [0.1, 0.15) is 64.2 Å². The Morgan fingerprint density at radius 2 is 1.12 bits per heavy atom. The zero-order valence-electron chi connectivity index (χ0n) is 18.3. The van der Waals surface area contributed by atoms with Gasteiger partial charge in [-0.2, -0.15) is 15.0 Å². The van der Waals surface area contributed by atoms with Gasteiger partial charge in [-0.1, -0.05) is 68.9 Å². The first-order valence-electron chi connectivity index (χ1n) is 11.6. The lowest BCUT2D eigenvalue weighted by molar-refractivity contribution is 0.243. The summed E-state index contributed by atoms with van der Waals surface area (Å²) in [6, 6.07) is 9.03. The van der Waals surface area contributed by atoms with Gasteiger partial charge < -0.3 is 10.6 Å². The van der Waals surface area contributed by atoms with Gasteiger partial charge >= 0.3 is 12.1 Å². The molecule has 2 saturated carbocycles. The van der Waals surface area contributed by atoms with Crippen LogP contribution in [0, 0.1) is 0 Å². The number of carbonyl (C=O) groups is 2. The van der Waals surface area contributed by atoms with Crippen LogP contribution in [0.15, 0.2) is 30.3 Å². The first-order valence-corrected chi connectivity index (χ1v) is 11.6. The van der Waals surface area contributed by atoms with Crippen LogP contribution in [0.3, 0.4) is 0 Å². The molecule has 9 nitrogen and oxygen atoms in total. The number of nitrogens with zero attached hydrogens (tertiary/aromatic N) is 3. The monoisotopic (exact) mass is 437 g/mol. The van der Waals surface area contributed by atoms with E-state index in [1.54, 1.807) is 0 Å². The Morgan fingerprint density at radius 3 is 1.59 bits per heavy atom. The molecule has 1 aromatic heterocycles. The van der Waals surface area contributed by atoms with Crippen LogP contribution in [-0.4, -0.2) is 39.1 Å². The van der Waals surface area contributed by atoms with Crippen molar-refractivity contribution in [1.29, 1.82) is 0 Å².